The van der Waals surface area contributed by atoms with E-state index in [0.717, 1.165) is 26.3 Å². The second-order valence-corrected chi connectivity index (χ2v) is 6.03. The largest absolute Gasteiger partial charge is 0.380 e. The van der Waals surface area contributed by atoms with Crippen LogP contribution in [0, 0.1) is 0 Å². The summed E-state index contributed by atoms with van der Waals surface area (Å²) >= 11 is 0. The molecule has 0 aliphatic carbocycles. The second kappa shape index (κ2) is 13.8. The van der Waals surface area contributed by atoms with Crippen molar-refractivity contribution in [2.45, 2.75) is 64.7 Å². The lowest BCUT2D eigenvalue weighted by molar-refractivity contribution is 0.131. The van der Waals surface area contributed by atoms with Crippen molar-refractivity contribution in [3.63, 3.8) is 0 Å². The normalized spacial score (nSPS) is 16.1. The molecule has 1 aliphatic rings. The van der Waals surface area contributed by atoms with Crippen molar-refractivity contribution in [2.24, 2.45) is 0 Å². The molecule has 1 saturated heterocycles. The highest BCUT2D eigenvalue weighted by Gasteiger charge is 2.09. The Morgan fingerprint density at radius 3 is 2.40 bits per heavy atom. The minimum absolute atomic E-state index is 0.874. The molecule has 0 aromatic carbocycles. The van der Waals surface area contributed by atoms with Gasteiger partial charge in [-0.05, 0) is 51.9 Å². The molecule has 1 aliphatic heterocycles. The Hall–Kier alpha value is -0.120. The minimum Gasteiger partial charge on any atom is -0.380 e. The number of hydrogen-bond acceptors (Lipinski definition) is 3. The van der Waals surface area contributed by atoms with E-state index in [9.17, 15) is 0 Å². The fourth-order valence-electron chi connectivity index (χ4n) is 2.79. The average Bonchev–Trinajstić information content (AvgIpc) is 2.97. The summed E-state index contributed by atoms with van der Waals surface area (Å²) in [7, 11) is 0. The van der Waals surface area contributed by atoms with Gasteiger partial charge in [0.15, 0.2) is 0 Å². The number of ether oxygens (including phenoxy) is 1. The number of rotatable bonds is 14. The molecular weight excluding hydrogens is 248 g/mol. The van der Waals surface area contributed by atoms with Crippen LogP contribution in [0.3, 0.4) is 0 Å². The molecule has 0 atom stereocenters. The Balaban J connectivity index is 1.66. The summed E-state index contributed by atoms with van der Waals surface area (Å²) in [5, 5.41) is 3.48. The zero-order chi connectivity index (χ0) is 14.3. The van der Waals surface area contributed by atoms with Crippen LogP contribution < -0.4 is 5.32 Å². The first-order chi connectivity index (χ1) is 9.93. The van der Waals surface area contributed by atoms with Gasteiger partial charge in [0.1, 0.15) is 0 Å². The van der Waals surface area contributed by atoms with Gasteiger partial charge in [-0.3, -0.25) is 0 Å². The Morgan fingerprint density at radius 2 is 1.60 bits per heavy atom. The van der Waals surface area contributed by atoms with Crippen LogP contribution >= 0.6 is 0 Å². The van der Waals surface area contributed by atoms with Gasteiger partial charge in [-0.15, -0.1) is 0 Å². The third-order valence-electron chi connectivity index (χ3n) is 4.09. The Bertz CT molecular complexity index is 193. The lowest BCUT2D eigenvalue weighted by Gasteiger charge is -2.14. The Morgan fingerprint density at radius 1 is 0.850 bits per heavy atom. The molecule has 1 fully saturated rings. The smallest absolute Gasteiger partial charge is 0.0590 e. The first kappa shape index (κ1) is 17.9. The average molecular weight is 284 g/mol. The van der Waals surface area contributed by atoms with Crippen LogP contribution in [0.1, 0.15) is 64.7 Å². The zero-order valence-corrected chi connectivity index (χ0v) is 13.7. The van der Waals surface area contributed by atoms with E-state index in [1.165, 1.54) is 77.4 Å². The predicted octanol–water partition coefficient (Wildman–Crippen LogP) is 3.44. The molecule has 0 bridgehead atoms. The van der Waals surface area contributed by atoms with Crippen LogP contribution in [0.2, 0.25) is 0 Å². The van der Waals surface area contributed by atoms with E-state index in [0.29, 0.717) is 0 Å². The highest BCUT2D eigenvalue weighted by molar-refractivity contribution is 4.66. The maximum atomic E-state index is 5.65. The van der Waals surface area contributed by atoms with Gasteiger partial charge in [-0.1, -0.05) is 39.0 Å². The van der Waals surface area contributed by atoms with Gasteiger partial charge in [0.2, 0.25) is 0 Å². The van der Waals surface area contributed by atoms with Crippen molar-refractivity contribution in [3.8, 4) is 0 Å². The molecule has 0 aromatic rings. The van der Waals surface area contributed by atoms with Crippen LogP contribution in [-0.4, -0.2) is 50.8 Å². The third-order valence-corrected chi connectivity index (χ3v) is 4.09. The van der Waals surface area contributed by atoms with Crippen LogP contribution in [0.15, 0.2) is 0 Å². The van der Waals surface area contributed by atoms with Gasteiger partial charge in [-0.25, -0.2) is 0 Å². The van der Waals surface area contributed by atoms with Crippen LogP contribution in [-0.2, 0) is 4.74 Å². The van der Waals surface area contributed by atoms with Crippen molar-refractivity contribution >= 4 is 0 Å². The maximum Gasteiger partial charge on any atom is 0.0590 e. The van der Waals surface area contributed by atoms with E-state index in [-0.39, 0.29) is 0 Å². The summed E-state index contributed by atoms with van der Waals surface area (Å²) in [6.07, 6.45) is 12.2. The summed E-state index contributed by atoms with van der Waals surface area (Å²) in [4.78, 5) is 2.58. The maximum absolute atomic E-state index is 5.65. The van der Waals surface area contributed by atoms with E-state index in [1.807, 2.05) is 0 Å². The first-order valence-electron chi connectivity index (χ1n) is 8.94. The van der Waals surface area contributed by atoms with Crippen LogP contribution in [0.4, 0.5) is 0 Å². The van der Waals surface area contributed by atoms with Gasteiger partial charge < -0.3 is 15.0 Å². The highest BCUT2D eigenvalue weighted by atomic mass is 16.5. The monoisotopic (exact) mass is 284 g/mol. The molecule has 0 amide bonds. The summed E-state index contributed by atoms with van der Waals surface area (Å²) < 4.78 is 5.65. The van der Waals surface area contributed by atoms with E-state index >= 15 is 0 Å². The highest BCUT2D eigenvalue weighted by Crippen LogP contribution is 2.07. The Labute approximate surface area is 126 Å². The van der Waals surface area contributed by atoms with Crippen molar-refractivity contribution in [1.29, 1.82) is 0 Å². The van der Waals surface area contributed by atoms with Crippen molar-refractivity contribution < 1.29 is 4.74 Å². The van der Waals surface area contributed by atoms with Crippen molar-refractivity contribution in [3.05, 3.63) is 0 Å². The van der Waals surface area contributed by atoms with E-state index in [1.54, 1.807) is 0 Å². The lowest BCUT2D eigenvalue weighted by Crippen LogP contribution is -2.26. The molecule has 1 rings (SSSR count). The fraction of sp³-hybridized carbons (Fsp3) is 1.00. The molecule has 0 saturated carbocycles. The zero-order valence-electron chi connectivity index (χ0n) is 13.7. The minimum atomic E-state index is 0.874. The molecule has 0 radical (unpaired) electrons. The molecule has 0 aromatic heterocycles. The van der Waals surface area contributed by atoms with E-state index < -0.39 is 0 Å². The Kier molecular flexibility index (Phi) is 12.4. The first-order valence-corrected chi connectivity index (χ1v) is 8.94. The molecule has 0 unspecified atom stereocenters. The van der Waals surface area contributed by atoms with Gasteiger partial charge in [-0.2, -0.15) is 0 Å². The lowest BCUT2D eigenvalue weighted by atomic mass is 10.1. The summed E-state index contributed by atoms with van der Waals surface area (Å²) in [5.74, 6) is 0. The number of likely N-dealkylation sites (tertiary alicyclic amines) is 1. The molecular formula is C17H36N2O. The molecule has 3 nitrogen and oxygen atoms in total. The second-order valence-electron chi connectivity index (χ2n) is 6.03. The molecule has 20 heavy (non-hydrogen) atoms. The quantitative estimate of drug-likeness (QED) is 0.495. The third kappa shape index (κ3) is 10.6. The molecule has 0 spiro atoms. The number of hydrogen-bond donors (Lipinski definition) is 1. The molecule has 1 N–H and O–H groups in total. The van der Waals surface area contributed by atoms with E-state index in [4.69, 9.17) is 4.74 Å². The van der Waals surface area contributed by atoms with Crippen molar-refractivity contribution in [1.82, 2.24) is 10.2 Å². The fourth-order valence-corrected chi connectivity index (χ4v) is 2.79. The van der Waals surface area contributed by atoms with Gasteiger partial charge in [0.05, 0.1) is 6.61 Å². The molecule has 1 heterocycles. The van der Waals surface area contributed by atoms with Gasteiger partial charge in [0, 0.05) is 13.2 Å². The molecule has 120 valence electrons. The summed E-state index contributed by atoms with van der Waals surface area (Å²) in [6, 6.07) is 0. The topological polar surface area (TPSA) is 24.5 Å². The standard InChI is InChI=1S/C17H36N2O/c1-2-3-4-5-6-9-16-20-17-12-18-11-10-15-19-13-7-8-14-19/h18H,2-17H2,1H3. The molecule has 3 heteroatoms. The van der Waals surface area contributed by atoms with Gasteiger partial charge in [0.25, 0.3) is 0 Å². The number of nitrogens with zero attached hydrogens (tertiary/aromatic N) is 1. The predicted molar refractivity (Wildman–Crippen MR) is 87.4 cm³/mol. The summed E-state index contributed by atoms with van der Waals surface area (Å²) in [6.45, 7) is 10.1. The van der Waals surface area contributed by atoms with Crippen LogP contribution in [0.25, 0.3) is 0 Å². The van der Waals surface area contributed by atoms with Crippen molar-refractivity contribution in [2.75, 3.05) is 45.9 Å². The van der Waals surface area contributed by atoms with Crippen LogP contribution in [0.5, 0.6) is 0 Å². The number of nitrogens with one attached hydrogen (secondary N) is 1. The van der Waals surface area contributed by atoms with E-state index in [2.05, 4.69) is 17.1 Å². The SMILES string of the molecule is CCCCCCCCOCCNCCCN1CCCC1. The summed E-state index contributed by atoms with van der Waals surface area (Å²) in [5.41, 5.74) is 0. The number of unbranched alkanes of at least 4 members (excludes halogenated alkanes) is 5. The van der Waals surface area contributed by atoms with Gasteiger partial charge >= 0.3 is 0 Å².